The van der Waals surface area contributed by atoms with E-state index < -0.39 is 18.5 Å². The van der Waals surface area contributed by atoms with E-state index in [-0.39, 0.29) is 41.0 Å². The van der Waals surface area contributed by atoms with Crippen LogP contribution >= 0.6 is 11.6 Å². The van der Waals surface area contributed by atoms with Crippen LogP contribution in [-0.4, -0.2) is 37.4 Å². The molecule has 9 heteroatoms. The van der Waals surface area contributed by atoms with Gasteiger partial charge in [-0.2, -0.15) is 0 Å². The summed E-state index contributed by atoms with van der Waals surface area (Å²) < 4.78 is 10.3. The molecule has 8 nitrogen and oxygen atoms in total. The Balaban J connectivity index is 1.25. The van der Waals surface area contributed by atoms with Crippen molar-refractivity contribution in [1.29, 1.82) is 0 Å². The fourth-order valence-corrected chi connectivity index (χ4v) is 5.79. The lowest BCUT2D eigenvalue weighted by Gasteiger charge is -2.19. The molecule has 2 aliphatic carbocycles. The van der Waals surface area contributed by atoms with Crippen molar-refractivity contribution in [2.45, 2.75) is 19.3 Å². The van der Waals surface area contributed by atoms with E-state index in [1.54, 1.807) is 24.3 Å². The number of halogens is 1. The summed E-state index contributed by atoms with van der Waals surface area (Å²) in [6, 6.07) is 10.9. The van der Waals surface area contributed by atoms with E-state index in [2.05, 4.69) is 5.32 Å². The number of ether oxygens (including phenoxy) is 2. The first-order valence-electron chi connectivity index (χ1n) is 11.2. The molecule has 2 bridgehead atoms. The number of nitrogens with zero attached hydrogens (tertiary/aromatic N) is 1. The molecule has 5 rings (SSSR count). The molecule has 0 radical (unpaired) electrons. The maximum absolute atomic E-state index is 13.1. The summed E-state index contributed by atoms with van der Waals surface area (Å²) in [7, 11) is 1.46. The molecule has 1 N–H and O–H groups in total. The number of hydrogen-bond acceptors (Lipinski definition) is 6. The van der Waals surface area contributed by atoms with Gasteiger partial charge in [-0.1, -0.05) is 17.7 Å². The minimum atomic E-state index is -0.741. The standard InChI is InChI=1S/C25H23ClN2O6/c1-33-19-8-7-16(26)11-18(19)27-20(29)12-34-25(32)15-3-2-4-17(10-15)28-23(30)21-13-5-6-14(9-13)22(21)24(28)31/h2-4,7-8,10-11,13-14,21-22H,5-6,9,12H2,1H3,(H,27,29)/t13-,14-,21-,22-/m0/s1. The zero-order valence-electron chi connectivity index (χ0n) is 18.5. The zero-order chi connectivity index (χ0) is 24.0. The molecule has 176 valence electrons. The fraction of sp³-hybridized carbons (Fsp3) is 0.360. The smallest absolute Gasteiger partial charge is 0.338 e. The second-order valence-corrected chi connectivity index (χ2v) is 9.35. The van der Waals surface area contributed by atoms with Crippen molar-refractivity contribution in [3.8, 4) is 5.75 Å². The lowest BCUT2D eigenvalue weighted by molar-refractivity contribution is -0.123. The van der Waals surface area contributed by atoms with Crippen molar-refractivity contribution in [2.24, 2.45) is 23.7 Å². The molecule has 2 saturated carbocycles. The predicted molar refractivity (Wildman–Crippen MR) is 124 cm³/mol. The molecule has 3 fully saturated rings. The third kappa shape index (κ3) is 3.81. The van der Waals surface area contributed by atoms with Gasteiger partial charge in [-0.05, 0) is 67.5 Å². The highest BCUT2D eigenvalue weighted by Crippen LogP contribution is 2.56. The van der Waals surface area contributed by atoms with Crippen LogP contribution in [0.1, 0.15) is 29.6 Å². The Morgan fingerprint density at radius 1 is 1.06 bits per heavy atom. The molecule has 0 unspecified atom stereocenters. The third-order valence-corrected chi connectivity index (χ3v) is 7.27. The topological polar surface area (TPSA) is 102 Å². The first-order chi connectivity index (χ1) is 16.4. The van der Waals surface area contributed by atoms with Gasteiger partial charge in [-0.15, -0.1) is 0 Å². The minimum absolute atomic E-state index is 0.145. The van der Waals surface area contributed by atoms with Crippen molar-refractivity contribution < 1.29 is 28.7 Å². The average Bonchev–Trinajstić information content (AvgIpc) is 3.51. The van der Waals surface area contributed by atoms with Gasteiger partial charge in [0.2, 0.25) is 11.8 Å². The minimum Gasteiger partial charge on any atom is -0.495 e. The second-order valence-electron chi connectivity index (χ2n) is 8.92. The van der Waals surface area contributed by atoms with Gasteiger partial charge in [-0.3, -0.25) is 19.3 Å². The number of carbonyl (C=O) groups is 4. The highest BCUT2D eigenvalue weighted by Gasteiger charge is 2.61. The number of nitrogens with one attached hydrogen (secondary N) is 1. The molecule has 1 saturated heterocycles. The first-order valence-corrected chi connectivity index (χ1v) is 11.5. The van der Waals surface area contributed by atoms with Gasteiger partial charge in [-0.25, -0.2) is 4.79 Å². The molecule has 0 aromatic heterocycles. The zero-order valence-corrected chi connectivity index (χ0v) is 19.2. The lowest BCUT2D eigenvalue weighted by atomic mass is 9.81. The molecular formula is C25H23ClN2O6. The Labute approximate surface area is 201 Å². The van der Waals surface area contributed by atoms with Crippen LogP contribution in [0.25, 0.3) is 0 Å². The van der Waals surface area contributed by atoms with E-state index in [4.69, 9.17) is 21.1 Å². The van der Waals surface area contributed by atoms with Crippen LogP contribution in [0, 0.1) is 23.7 Å². The van der Waals surface area contributed by atoms with Gasteiger partial charge in [0.05, 0.1) is 35.9 Å². The number of imide groups is 1. The number of carbonyl (C=O) groups excluding carboxylic acids is 4. The van der Waals surface area contributed by atoms with Gasteiger partial charge in [0.25, 0.3) is 5.91 Å². The molecular weight excluding hydrogens is 460 g/mol. The predicted octanol–water partition coefficient (Wildman–Crippen LogP) is 3.68. The number of esters is 1. The van der Waals surface area contributed by atoms with Crippen molar-refractivity contribution >= 4 is 46.7 Å². The SMILES string of the molecule is COc1ccc(Cl)cc1NC(=O)COC(=O)c1cccc(N2C(=O)[C@H]3[C@H]4CC[C@@H](C4)[C@@H]3C2=O)c1. The molecule has 1 heterocycles. The van der Waals surface area contributed by atoms with Gasteiger partial charge in [0.1, 0.15) is 5.75 Å². The number of benzene rings is 2. The molecule has 0 spiro atoms. The first kappa shape index (κ1) is 22.4. The van der Waals surface area contributed by atoms with Gasteiger partial charge in [0.15, 0.2) is 6.61 Å². The van der Waals surface area contributed by atoms with E-state index in [1.807, 2.05) is 0 Å². The number of hydrogen-bond donors (Lipinski definition) is 1. The second kappa shape index (κ2) is 8.76. The van der Waals surface area contributed by atoms with Crippen molar-refractivity contribution in [3.63, 3.8) is 0 Å². The van der Waals surface area contributed by atoms with Crippen LogP contribution in [0.15, 0.2) is 42.5 Å². The summed E-state index contributed by atoms with van der Waals surface area (Å²) in [6.45, 7) is -0.534. The maximum Gasteiger partial charge on any atom is 0.338 e. The van der Waals surface area contributed by atoms with Crippen molar-refractivity contribution in [2.75, 3.05) is 23.9 Å². The Bertz CT molecular complexity index is 1170. The summed E-state index contributed by atoms with van der Waals surface area (Å²) in [5.74, 6) is -1.18. The van der Waals surface area contributed by atoms with E-state index in [9.17, 15) is 19.2 Å². The largest absolute Gasteiger partial charge is 0.495 e. The van der Waals surface area contributed by atoms with Crippen LogP contribution in [0.5, 0.6) is 5.75 Å². The number of rotatable bonds is 6. The summed E-state index contributed by atoms with van der Waals surface area (Å²) in [4.78, 5) is 52.2. The van der Waals surface area contributed by atoms with E-state index in [0.717, 1.165) is 19.3 Å². The fourth-order valence-electron chi connectivity index (χ4n) is 5.61. The summed E-state index contributed by atoms with van der Waals surface area (Å²) in [6.07, 6.45) is 2.94. The van der Waals surface area contributed by atoms with Gasteiger partial charge < -0.3 is 14.8 Å². The summed E-state index contributed by atoms with van der Waals surface area (Å²) >= 11 is 5.96. The number of anilines is 2. The molecule has 3 aliphatic rings. The van der Waals surface area contributed by atoms with E-state index in [0.29, 0.717) is 22.1 Å². The maximum atomic E-state index is 13.1. The monoisotopic (exact) mass is 482 g/mol. The average molecular weight is 483 g/mol. The van der Waals surface area contributed by atoms with Crippen LogP contribution in [0.4, 0.5) is 11.4 Å². The molecule has 2 aromatic rings. The van der Waals surface area contributed by atoms with Crippen LogP contribution < -0.4 is 15.0 Å². The third-order valence-electron chi connectivity index (χ3n) is 7.04. The quantitative estimate of drug-likeness (QED) is 0.497. The van der Waals surface area contributed by atoms with Crippen LogP contribution in [0.3, 0.4) is 0 Å². The van der Waals surface area contributed by atoms with Crippen molar-refractivity contribution in [1.82, 2.24) is 0 Å². The number of fused-ring (bicyclic) bond motifs is 5. The Kier molecular flexibility index (Phi) is 5.77. The van der Waals surface area contributed by atoms with Gasteiger partial charge >= 0.3 is 5.97 Å². The highest BCUT2D eigenvalue weighted by molar-refractivity contribution is 6.31. The van der Waals surface area contributed by atoms with Gasteiger partial charge in [0, 0.05) is 5.02 Å². The molecule has 34 heavy (non-hydrogen) atoms. The van der Waals surface area contributed by atoms with Crippen molar-refractivity contribution in [3.05, 3.63) is 53.1 Å². The Morgan fingerprint density at radius 3 is 2.44 bits per heavy atom. The lowest BCUT2D eigenvalue weighted by Crippen LogP contribution is -2.32. The summed E-state index contributed by atoms with van der Waals surface area (Å²) in [5, 5.41) is 3.00. The van der Waals surface area contributed by atoms with Crippen LogP contribution in [0.2, 0.25) is 5.02 Å². The summed E-state index contributed by atoms with van der Waals surface area (Å²) in [5.41, 5.74) is 0.848. The Morgan fingerprint density at radius 2 is 1.76 bits per heavy atom. The molecule has 4 atom stereocenters. The van der Waals surface area contributed by atoms with E-state index in [1.165, 1.54) is 30.2 Å². The highest BCUT2D eigenvalue weighted by atomic mass is 35.5. The molecule has 3 amide bonds. The van der Waals surface area contributed by atoms with E-state index >= 15 is 0 Å². The normalized spacial score (nSPS) is 24.8. The van der Waals surface area contributed by atoms with Crippen LogP contribution in [-0.2, 0) is 19.1 Å². The molecule has 2 aromatic carbocycles. The number of methoxy groups -OCH3 is 1. The molecule has 1 aliphatic heterocycles. The number of amides is 3. The Hall–Kier alpha value is -3.39.